The third-order valence-electron chi connectivity index (χ3n) is 2.93. The average molecular weight is 201 g/mol. The van der Waals surface area contributed by atoms with E-state index in [1.54, 1.807) is 0 Å². The molecule has 0 unspecified atom stereocenters. The van der Waals surface area contributed by atoms with Crippen molar-refractivity contribution in [1.29, 1.82) is 5.41 Å². The first-order valence-corrected chi connectivity index (χ1v) is 5.17. The summed E-state index contributed by atoms with van der Waals surface area (Å²) < 4.78 is 5.62. The van der Waals surface area contributed by atoms with Gasteiger partial charge < -0.3 is 10.1 Å². The predicted octanol–water partition coefficient (Wildman–Crippen LogP) is 3.12. The van der Waals surface area contributed by atoms with Gasteiger partial charge in [0.15, 0.2) is 0 Å². The Hall–Kier alpha value is -1.57. The first-order chi connectivity index (χ1) is 7.24. The van der Waals surface area contributed by atoms with E-state index in [2.05, 4.69) is 19.9 Å². The van der Waals surface area contributed by atoms with E-state index in [1.165, 1.54) is 28.5 Å². The molecule has 0 amide bonds. The Balaban J connectivity index is 2.63. The molecule has 78 valence electrons. The molecule has 1 N–H and O–H groups in total. The third-order valence-corrected chi connectivity index (χ3v) is 2.93. The smallest absolute Gasteiger partial charge is 0.127 e. The van der Waals surface area contributed by atoms with Crippen LogP contribution in [0.2, 0.25) is 0 Å². The molecule has 0 atom stereocenters. The van der Waals surface area contributed by atoms with E-state index in [1.807, 2.05) is 12.1 Å². The molecular weight excluding hydrogens is 186 g/mol. The average Bonchev–Trinajstić information content (AvgIpc) is 2.24. The molecule has 0 radical (unpaired) electrons. The number of rotatable bonds is 1. The normalized spacial score (nSPS) is 17.1. The lowest BCUT2D eigenvalue weighted by Crippen LogP contribution is -2.09. The van der Waals surface area contributed by atoms with Crippen LogP contribution in [0.1, 0.15) is 23.1 Å². The molecule has 1 aliphatic heterocycles. The molecule has 0 aliphatic carbocycles. The first kappa shape index (κ1) is 9.97. The lowest BCUT2D eigenvalue weighted by molar-refractivity contribution is 0.316. The molecule has 1 aromatic rings. The van der Waals surface area contributed by atoms with Crippen LogP contribution in [-0.4, -0.2) is 12.8 Å². The third kappa shape index (κ3) is 1.67. The van der Waals surface area contributed by atoms with Gasteiger partial charge in [-0.2, -0.15) is 0 Å². The van der Waals surface area contributed by atoms with E-state index in [0.29, 0.717) is 0 Å². The summed E-state index contributed by atoms with van der Waals surface area (Å²) in [6.45, 7) is 4.93. The lowest BCUT2D eigenvalue weighted by Gasteiger charge is -2.22. The zero-order valence-electron chi connectivity index (χ0n) is 9.13. The molecule has 0 spiro atoms. The molecule has 0 saturated heterocycles. The lowest BCUT2D eigenvalue weighted by atomic mass is 9.92. The van der Waals surface area contributed by atoms with Crippen molar-refractivity contribution in [2.45, 2.75) is 20.3 Å². The zero-order chi connectivity index (χ0) is 10.8. The van der Waals surface area contributed by atoms with Crippen molar-refractivity contribution >= 4 is 11.8 Å². The van der Waals surface area contributed by atoms with Crippen molar-refractivity contribution in [3.05, 3.63) is 34.9 Å². The Morgan fingerprint density at radius 2 is 2.13 bits per heavy atom. The summed E-state index contributed by atoms with van der Waals surface area (Å²) >= 11 is 0. The number of aryl methyl sites for hydroxylation is 1. The van der Waals surface area contributed by atoms with Gasteiger partial charge >= 0.3 is 0 Å². The molecule has 0 aromatic heterocycles. The van der Waals surface area contributed by atoms with E-state index < -0.39 is 0 Å². The number of hydrogen-bond donors (Lipinski definition) is 1. The maximum Gasteiger partial charge on any atom is 0.127 e. The molecule has 15 heavy (non-hydrogen) atoms. The van der Waals surface area contributed by atoms with Crippen LogP contribution in [0.25, 0.3) is 5.57 Å². The summed E-state index contributed by atoms with van der Waals surface area (Å²) in [5.41, 5.74) is 4.94. The highest BCUT2D eigenvalue weighted by Crippen LogP contribution is 2.36. The van der Waals surface area contributed by atoms with Gasteiger partial charge in [-0.1, -0.05) is 6.07 Å². The first-order valence-electron chi connectivity index (χ1n) is 5.17. The molecule has 1 aliphatic rings. The summed E-state index contributed by atoms with van der Waals surface area (Å²) in [5, 5.41) is 7.16. The minimum absolute atomic E-state index is 0.717. The van der Waals surface area contributed by atoms with Crippen LogP contribution in [0.5, 0.6) is 5.75 Å². The van der Waals surface area contributed by atoms with E-state index in [-0.39, 0.29) is 0 Å². The summed E-state index contributed by atoms with van der Waals surface area (Å²) in [5.74, 6) is 0.956. The number of nitrogens with one attached hydrogen (secondary N) is 1. The number of fused-ring (bicyclic) bond motifs is 1. The molecule has 2 rings (SSSR count). The molecule has 0 bridgehead atoms. The molecular formula is C13H15NO. The van der Waals surface area contributed by atoms with Gasteiger partial charge in [-0.25, -0.2) is 0 Å². The summed E-state index contributed by atoms with van der Waals surface area (Å²) in [6, 6.07) is 4.11. The predicted molar refractivity (Wildman–Crippen MR) is 62.8 cm³/mol. The fraction of sp³-hybridized carbons (Fsp3) is 0.308. The van der Waals surface area contributed by atoms with Crippen LogP contribution in [0.3, 0.4) is 0 Å². The fourth-order valence-corrected chi connectivity index (χ4v) is 1.97. The van der Waals surface area contributed by atoms with Crippen LogP contribution in [-0.2, 0) is 0 Å². The standard InChI is InChI=1S/C13H15NO/c1-9-3-4-12-13(10(9)2)11(5-7-14)6-8-15-12/h3-5,7,14H,6,8H2,1-2H3/b11-5-,14-7?. The Kier molecular flexibility index (Phi) is 2.58. The van der Waals surface area contributed by atoms with Crippen molar-refractivity contribution in [1.82, 2.24) is 0 Å². The quantitative estimate of drug-likeness (QED) is 0.696. The Labute approximate surface area is 90.1 Å². The SMILES string of the molecule is Cc1ccc2c(c1C)/C(=C\C=N)CCO2. The van der Waals surface area contributed by atoms with Crippen molar-refractivity contribution in [2.24, 2.45) is 0 Å². The van der Waals surface area contributed by atoms with Crippen LogP contribution in [0.4, 0.5) is 0 Å². The highest BCUT2D eigenvalue weighted by molar-refractivity contribution is 5.86. The van der Waals surface area contributed by atoms with Crippen LogP contribution < -0.4 is 4.74 Å². The van der Waals surface area contributed by atoms with Gasteiger partial charge in [0.05, 0.1) is 6.61 Å². The monoisotopic (exact) mass is 201 g/mol. The number of hydrogen-bond acceptors (Lipinski definition) is 2. The van der Waals surface area contributed by atoms with Crippen LogP contribution in [0.15, 0.2) is 18.2 Å². The molecule has 1 aromatic carbocycles. The number of allylic oxidation sites excluding steroid dienone is 1. The van der Waals surface area contributed by atoms with E-state index in [9.17, 15) is 0 Å². The van der Waals surface area contributed by atoms with E-state index >= 15 is 0 Å². The van der Waals surface area contributed by atoms with Crippen LogP contribution in [0, 0.1) is 19.3 Å². The second kappa shape index (κ2) is 3.89. The summed E-state index contributed by atoms with van der Waals surface area (Å²) in [6.07, 6.45) is 4.12. The van der Waals surface area contributed by atoms with Crippen molar-refractivity contribution in [3.63, 3.8) is 0 Å². The second-order valence-corrected chi connectivity index (χ2v) is 3.84. The van der Waals surface area contributed by atoms with Gasteiger partial charge in [-0.05, 0) is 42.7 Å². The second-order valence-electron chi connectivity index (χ2n) is 3.84. The zero-order valence-corrected chi connectivity index (χ0v) is 9.13. The van der Waals surface area contributed by atoms with Gasteiger partial charge in [-0.15, -0.1) is 0 Å². The summed E-state index contributed by atoms with van der Waals surface area (Å²) in [7, 11) is 0. The fourth-order valence-electron chi connectivity index (χ4n) is 1.97. The van der Waals surface area contributed by atoms with Gasteiger partial charge in [0.1, 0.15) is 5.75 Å². The maximum atomic E-state index is 7.16. The number of benzene rings is 1. The van der Waals surface area contributed by atoms with Crippen molar-refractivity contribution in [3.8, 4) is 5.75 Å². The Morgan fingerprint density at radius 3 is 2.87 bits per heavy atom. The van der Waals surface area contributed by atoms with Crippen LogP contribution >= 0.6 is 0 Å². The Bertz CT molecular complexity index is 432. The van der Waals surface area contributed by atoms with E-state index in [0.717, 1.165) is 18.8 Å². The van der Waals surface area contributed by atoms with Gasteiger partial charge in [0, 0.05) is 18.2 Å². The van der Waals surface area contributed by atoms with Crippen molar-refractivity contribution in [2.75, 3.05) is 6.61 Å². The molecule has 0 saturated carbocycles. The Morgan fingerprint density at radius 1 is 1.33 bits per heavy atom. The summed E-state index contributed by atoms with van der Waals surface area (Å²) in [4.78, 5) is 0. The minimum atomic E-state index is 0.717. The topological polar surface area (TPSA) is 33.1 Å². The van der Waals surface area contributed by atoms with Gasteiger partial charge in [0.25, 0.3) is 0 Å². The number of ether oxygens (including phenoxy) is 1. The largest absolute Gasteiger partial charge is 0.493 e. The van der Waals surface area contributed by atoms with Crippen molar-refractivity contribution < 1.29 is 4.74 Å². The molecule has 0 fully saturated rings. The van der Waals surface area contributed by atoms with Gasteiger partial charge in [0.2, 0.25) is 0 Å². The maximum absolute atomic E-state index is 7.16. The highest BCUT2D eigenvalue weighted by Gasteiger charge is 2.17. The minimum Gasteiger partial charge on any atom is -0.493 e. The van der Waals surface area contributed by atoms with Gasteiger partial charge in [-0.3, -0.25) is 0 Å². The molecule has 2 heteroatoms. The highest BCUT2D eigenvalue weighted by atomic mass is 16.5. The van der Waals surface area contributed by atoms with E-state index in [4.69, 9.17) is 10.1 Å². The molecule has 2 nitrogen and oxygen atoms in total. The molecule has 1 heterocycles.